The fourth-order valence-corrected chi connectivity index (χ4v) is 2.72. The molecule has 0 aromatic heterocycles. The zero-order valence-electron chi connectivity index (χ0n) is 13.9. The molecule has 0 bridgehead atoms. The Hall–Kier alpha value is -2.24. The van der Waals surface area contributed by atoms with Gasteiger partial charge in [0.15, 0.2) is 11.5 Å². The molecule has 0 radical (unpaired) electrons. The van der Waals surface area contributed by atoms with Crippen molar-refractivity contribution in [3.8, 4) is 11.5 Å². The number of fused-ring (bicyclic) bond motifs is 1. The molecule has 0 fully saturated rings. The lowest BCUT2D eigenvalue weighted by molar-refractivity contribution is -0.143. The van der Waals surface area contributed by atoms with Crippen LogP contribution >= 0.6 is 0 Å². The van der Waals surface area contributed by atoms with Crippen molar-refractivity contribution in [2.24, 2.45) is 0 Å². The Morgan fingerprint density at radius 2 is 1.91 bits per heavy atom. The molecule has 126 valence electrons. The van der Waals surface area contributed by atoms with Crippen LogP contribution < -0.4 is 9.47 Å². The molecule has 0 saturated carbocycles. The van der Waals surface area contributed by atoms with E-state index in [1.54, 1.807) is 32.1 Å². The molecule has 0 saturated heterocycles. The third-order valence-corrected chi connectivity index (χ3v) is 3.89. The van der Waals surface area contributed by atoms with Gasteiger partial charge in [-0.25, -0.2) is 0 Å². The minimum Gasteiger partial charge on any atom is -0.493 e. The van der Waals surface area contributed by atoms with Gasteiger partial charge >= 0.3 is 5.97 Å². The number of amides is 1. The fourth-order valence-electron chi connectivity index (χ4n) is 2.72. The third kappa shape index (κ3) is 3.94. The van der Waals surface area contributed by atoms with Crippen molar-refractivity contribution < 1.29 is 23.8 Å². The van der Waals surface area contributed by atoms with Crippen molar-refractivity contribution in [3.05, 3.63) is 23.3 Å². The molecule has 0 N–H and O–H groups in total. The first-order valence-electron chi connectivity index (χ1n) is 7.80. The Bertz CT molecular complexity index is 585. The molecule has 1 aromatic rings. The van der Waals surface area contributed by atoms with Crippen molar-refractivity contribution in [1.82, 2.24) is 4.90 Å². The van der Waals surface area contributed by atoms with E-state index in [1.807, 2.05) is 6.07 Å². The van der Waals surface area contributed by atoms with Crippen molar-refractivity contribution in [3.63, 3.8) is 0 Å². The van der Waals surface area contributed by atoms with Crippen LogP contribution in [-0.2, 0) is 16.0 Å². The number of rotatable bonds is 7. The molecule has 0 aliphatic carbocycles. The lowest BCUT2D eigenvalue weighted by atomic mass is 9.98. The molecule has 1 heterocycles. The Balaban J connectivity index is 2.04. The van der Waals surface area contributed by atoms with Crippen LogP contribution in [0.2, 0.25) is 0 Å². The second kappa shape index (κ2) is 7.85. The smallest absolute Gasteiger partial charge is 0.305 e. The van der Waals surface area contributed by atoms with Gasteiger partial charge in [0.1, 0.15) is 0 Å². The normalized spacial score (nSPS) is 13.5. The summed E-state index contributed by atoms with van der Waals surface area (Å²) >= 11 is 0. The van der Waals surface area contributed by atoms with Gasteiger partial charge in [-0.2, -0.15) is 0 Å². The number of ether oxygens (including phenoxy) is 3. The number of hydrogen-bond acceptors (Lipinski definition) is 5. The molecule has 2 rings (SSSR count). The predicted molar refractivity (Wildman–Crippen MR) is 85.0 cm³/mol. The number of carbonyl (C=O) groups excluding carboxylic acids is 2. The van der Waals surface area contributed by atoms with Crippen LogP contribution in [0.4, 0.5) is 0 Å². The molecular weight excluding hydrogens is 298 g/mol. The first-order valence-corrected chi connectivity index (χ1v) is 7.80. The highest BCUT2D eigenvalue weighted by molar-refractivity contribution is 5.97. The molecule has 1 aromatic carbocycles. The van der Waals surface area contributed by atoms with Gasteiger partial charge in [-0.3, -0.25) is 9.59 Å². The molecular formula is C17H23NO5. The van der Waals surface area contributed by atoms with Crippen molar-refractivity contribution in [2.45, 2.75) is 26.2 Å². The van der Waals surface area contributed by atoms with E-state index in [4.69, 9.17) is 14.2 Å². The van der Waals surface area contributed by atoms with E-state index in [2.05, 4.69) is 0 Å². The van der Waals surface area contributed by atoms with Gasteiger partial charge in [0.05, 0.1) is 20.8 Å². The quantitative estimate of drug-likeness (QED) is 0.719. The Morgan fingerprint density at radius 1 is 1.22 bits per heavy atom. The van der Waals surface area contributed by atoms with E-state index >= 15 is 0 Å². The molecule has 23 heavy (non-hydrogen) atoms. The lowest BCUT2D eigenvalue weighted by Gasteiger charge is -2.29. The maximum atomic E-state index is 12.6. The Morgan fingerprint density at radius 3 is 2.57 bits per heavy atom. The topological polar surface area (TPSA) is 65.1 Å². The van der Waals surface area contributed by atoms with Gasteiger partial charge in [-0.15, -0.1) is 0 Å². The highest BCUT2D eigenvalue weighted by atomic mass is 16.5. The summed E-state index contributed by atoms with van der Waals surface area (Å²) in [5.41, 5.74) is 1.61. The zero-order chi connectivity index (χ0) is 16.8. The minimum atomic E-state index is -0.219. The van der Waals surface area contributed by atoms with Crippen molar-refractivity contribution in [2.75, 3.05) is 33.9 Å². The first-order chi connectivity index (χ1) is 11.1. The van der Waals surface area contributed by atoms with Crippen LogP contribution in [0.3, 0.4) is 0 Å². The summed E-state index contributed by atoms with van der Waals surface area (Å²) < 4.78 is 15.4. The van der Waals surface area contributed by atoms with Crippen LogP contribution in [0, 0.1) is 0 Å². The second-order valence-electron chi connectivity index (χ2n) is 5.32. The van der Waals surface area contributed by atoms with Gasteiger partial charge in [0.2, 0.25) is 0 Å². The average molecular weight is 321 g/mol. The predicted octanol–water partition coefficient (Wildman–Crippen LogP) is 2.05. The Kier molecular flexibility index (Phi) is 5.84. The monoisotopic (exact) mass is 321 g/mol. The molecule has 6 nitrogen and oxygen atoms in total. The van der Waals surface area contributed by atoms with Crippen molar-refractivity contribution in [1.29, 1.82) is 0 Å². The van der Waals surface area contributed by atoms with Gasteiger partial charge < -0.3 is 19.1 Å². The van der Waals surface area contributed by atoms with Crippen LogP contribution in [0.5, 0.6) is 11.5 Å². The highest BCUT2D eigenvalue weighted by Gasteiger charge is 2.26. The molecule has 1 amide bonds. The average Bonchev–Trinajstić information content (AvgIpc) is 2.56. The van der Waals surface area contributed by atoms with E-state index < -0.39 is 0 Å². The second-order valence-corrected chi connectivity index (χ2v) is 5.32. The van der Waals surface area contributed by atoms with Crippen molar-refractivity contribution >= 4 is 11.9 Å². The summed E-state index contributed by atoms with van der Waals surface area (Å²) in [7, 11) is 3.13. The van der Waals surface area contributed by atoms with Crippen LogP contribution in [0.15, 0.2) is 12.1 Å². The number of esters is 1. The molecule has 1 aliphatic rings. The number of methoxy groups -OCH3 is 2. The zero-order valence-corrected chi connectivity index (χ0v) is 13.9. The summed E-state index contributed by atoms with van der Waals surface area (Å²) in [5.74, 6) is 0.933. The minimum absolute atomic E-state index is 0.0314. The van der Waals surface area contributed by atoms with Gasteiger partial charge in [0.25, 0.3) is 5.91 Å². The SMILES string of the molecule is CCOC(=O)CCCN1CCc2cc(OC)c(OC)cc2C1=O. The van der Waals surface area contributed by atoms with Gasteiger partial charge in [0, 0.05) is 25.1 Å². The molecule has 1 aliphatic heterocycles. The van der Waals surface area contributed by atoms with Gasteiger partial charge in [-0.1, -0.05) is 0 Å². The standard InChI is InChI=1S/C17H23NO5/c1-4-23-16(19)6-5-8-18-9-7-12-10-14(21-2)15(22-3)11-13(12)17(18)20/h10-11H,4-9H2,1-3H3. The lowest BCUT2D eigenvalue weighted by Crippen LogP contribution is -2.38. The summed E-state index contributed by atoms with van der Waals surface area (Å²) in [4.78, 5) is 25.7. The van der Waals surface area contributed by atoms with E-state index in [9.17, 15) is 9.59 Å². The molecule has 0 unspecified atom stereocenters. The van der Waals surface area contributed by atoms with E-state index in [0.717, 1.165) is 12.0 Å². The summed E-state index contributed by atoms with van der Waals surface area (Å²) in [5, 5.41) is 0. The summed E-state index contributed by atoms with van der Waals surface area (Å²) in [6, 6.07) is 3.59. The largest absolute Gasteiger partial charge is 0.493 e. The number of carbonyl (C=O) groups is 2. The summed E-state index contributed by atoms with van der Waals surface area (Å²) in [6.45, 7) is 3.36. The maximum Gasteiger partial charge on any atom is 0.305 e. The van der Waals surface area contributed by atoms with Crippen LogP contribution in [0.25, 0.3) is 0 Å². The highest BCUT2D eigenvalue weighted by Crippen LogP contribution is 2.33. The van der Waals surface area contributed by atoms with Gasteiger partial charge in [-0.05, 0) is 37.5 Å². The van der Waals surface area contributed by atoms with Crippen LogP contribution in [-0.4, -0.2) is 50.7 Å². The molecule has 0 atom stereocenters. The molecule has 0 spiro atoms. The molecule has 6 heteroatoms. The fraction of sp³-hybridized carbons (Fsp3) is 0.529. The third-order valence-electron chi connectivity index (χ3n) is 3.89. The number of hydrogen-bond donors (Lipinski definition) is 0. The number of benzene rings is 1. The van der Waals surface area contributed by atoms with E-state index in [0.29, 0.717) is 49.6 Å². The first kappa shape index (κ1) is 17.1. The van der Waals surface area contributed by atoms with E-state index in [1.165, 1.54) is 0 Å². The van der Waals surface area contributed by atoms with Crippen LogP contribution in [0.1, 0.15) is 35.7 Å². The number of nitrogens with zero attached hydrogens (tertiary/aromatic N) is 1. The Labute approximate surface area is 136 Å². The van der Waals surface area contributed by atoms with E-state index in [-0.39, 0.29) is 11.9 Å². The maximum absolute atomic E-state index is 12.6. The summed E-state index contributed by atoms with van der Waals surface area (Å²) in [6.07, 6.45) is 1.70.